The van der Waals surface area contributed by atoms with Crippen molar-refractivity contribution in [1.82, 2.24) is 24.5 Å². The lowest BCUT2D eigenvalue weighted by molar-refractivity contribution is -0.159. The van der Waals surface area contributed by atoms with E-state index in [1.54, 1.807) is 92.3 Å². The fourth-order valence-corrected chi connectivity index (χ4v) is 14.7. The zero-order valence-electron chi connectivity index (χ0n) is 66.1. The Balaban J connectivity index is 0.000000197. The molecule has 22 nitrogen and oxygen atoms in total. The molecule has 5 atom stereocenters. The van der Waals surface area contributed by atoms with Crippen LogP contribution in [-0.4, -0.2) is 196 Å². The van der Waals surface area contributed by atoms with E-state index < -0.39 is 27.1 Å². The van der Waals surface area contributed by atoms with E-state index in [-0.39, 0.29) is 111 Å². The van der Waals surface area contributed by atoms with Crippen molar-refractivity contribution in [2.75, 3.05) is 112 Å². The monoisotopic (exact) mass is 1540 g/mol. The molecule has 5 aromatic carbocycles. The lowest BCUT2D eigenvalue weighted by Gasteiger charge is -2.38. The van der Waals surface area contributed by atoms with Crippen molar-refractivity contribution < 1.29 is 85.5 Å². The molecule has 112 heavy (non-hydrogen) atoms. The van der Waals surface area contributed by atoms with Crippen molar-refractivity contribution in [3.05, 3.63) is 224 Å². The molecule has 5 saturated heterocycles. The number of methoxy groups -OCH3 is 1. The number of hydrogen-bond donors (Lipinski definition) is 0. The van der Waals surface area contributed by atoms with Crippen LogP contribution in [0.4, 0.5) is 9.18 Å². The molecule has 0 saturated carbocycles. The van der Waals surface area contributed by atoms with Crippen LogP contribution in [0.15, 0.2) is 191 Å². The first-order valence-corrected chi connectivity index (χ1v) is 38.1. The van der Waals surface area contributed by atoms with Gasteiger partial charge in [-0.25, -0.2) is 9.18 Å². The summed E-state index contributed by atoms with van der Waals surface area (Å²) in [5.41, 5.74) is 3.15. The summed E-state index contributed by atoms with van der Waals surface area (Å²) in [6.45, 7) is 34.8. The lowest BCUT2D eigenvalue weighted by atomic mass is 9.81. The van der Waals surface area contributed by atoms with Gasteiger partial charge in [-0.2, -0.15) is 0 Å². The van der Waals surface area contributed by atoms with Crippen molar-refractivity contribution in [2.45, 2.75) is 112 Å². The minimum absolute atomic E-state index is 0.0162. The van der Waals surface area contributed by atoms with Crippen molar-refractivity contribution in [2.24, 2.45) is 27.1 Å². The molecule has 5 aliphatic heterocycles. The molecule has 5 amide bonds. The van der Waals surface area contributed by atoms with Gasteiger partial charge in [0.1, 0.15) is 51.2 Å². The second-order valence-corrected chi connectivity index (χ2v) is 30.2. The molecule has 0 aromatic heterocycles. The molecule has 0 radical (unpaired) electrons. The molecule has 0 N–H and O–H groups in total. The number of benzene rings is 5. The number of hydrogen-bond acceptors (Lipinski definition) is 17. The number of nitrogens with zero attached hydrogens (tertiary/aromatic N) is 5. The zero-order valence-corrected chi connectivity index (χ0v) is 66.1. The smallest absolute Gasteiger partial charge is 0.409 e. The largest absolute Gasteiger partial charge is 0.497 e. The predicted molar refractivity (Wildman–Crippen MR) is 425 cm³/mol. The van der Waals surface area contributed by atoms with E-state index >= 15 is 0 Å². The van der Waals surface area contributed by atoms with E-state index in [0.717, 1.165) is 57.9 Å². The number of carbonyl (C=O) groups excluding carboxylic acids is 10. The molecule has 600 valence electrons. The molecule has 23 heteroatoms. The summed E-state index contributed by atoms with van der Waals surface area (Å²) < 4.78 is 49.6. The quantitative estimate of drug-likeness (QED) is 0.0376. The molecular formula is C89H110FN5O17. The van der Waals surface area contributed by atoms with E-state index in [1.165, 1.54) is 59.5 Å². The highest BCUT2D eigenvalue weighted by atomic mass is 19.1. The number of ether oxygens (including phenoxy) is 7. The molecular weight excluding hydrogens is 1430 g/mol. The maximum absolute atomic E-state index is 12.9. The van der Waals surface area contributed by atoms with E-state index in [0.29, 0.717) is 94.2 Å². The number of esters is 5. The first-order chi connectivity index (χ1) is 53.5. The van der Waals surface area contributed by atoms with Gasteiger partial charge in [0.2, 0.25) is 5.91 Å². The Hall–Kier alpha value is -11.0. The van der Waals surface area contributed by atoms with E-state index in [9.17, 15) is 52.3 Å². The van der Waals surface area contributed by atoms with Crippen LogP contribution >= 0.6 is 0 Å². The average molecular weight is 1540 g/mol. The van der Waals surface area contributed by atoms with Crippen LogP contribution in [0, 0.1) is 32.9 Å². The maximum atomic E-state index is 12.9. The normalized spacial score (nSPS) is 21.5. The second kappa shape index (κ2) is 41.9. The number of fused-ring (bicyclic) bond motifs is 3. The van der Waals surface area contributed by atoms with Gasteiger partial charge in [-0.1, -0.05) is 130 Å². The van der Waals surface area contributed by atoms with Gasteiger partial charge in [-0.3, -0.25) is 43.2 Å². The molecule has 5 fully saturated rings. The summed E-state index contributed by atoms with van der Waals surface area (Å²) in [6.07, 6.45) is 14.8. The van der Waals surface area contributed by atoms with Crippen LogP contribution < -0.4 is 4.74 Å². The van der Waals surface area contributed by atoms with Crippen LogP contribution in [0.2, 0.25) is 0 Å². The SMILES string of the molecule is C=CCOC(=O)C1(C)CCCN(C(=O)OCC2c3ccccc3-c3ccccc32)C1.C=CCOC(=O)C1(C)CCCN(C(=O)c2ccc(F)cc2)C1.C=CCOC(=O)C1(C)CCCN(C(=O)c2ccc(OC)cc2)C1.C=CCOC(=O)C1(C)CCCN(C(=O)c2ccccc2)C1.C=CCOC(=O)C1(C)CCCN(C(C)=O)C1. The number of amides is 5. The summed E-state index contributed by atoms with van der Waals surface area (Å²) in [5.74, 6) is -1.31. The fraction of sp³-hybridized carbons (Fsp3) is 0.438. The zero-order chi connectivity index (χ0) is 81.7. The van der Waals surface area contributed by atoms with Crippen LogP contribution in [0.3, 0.4) is 0 Å². The summed E-state index contributed by atoms with van der Waals surface area (Å²) in [6, 6.07) is 38.1. The first kappa shape index (κ1) is 88.2. The van der Waals surface area contributed by atoms with Gasteiger partial charge in [0.25, 0.3) is 17.7 Å². The summed E-state index contributed by atoms with van der Waals surface area (Å²) in [5, 5.41) is 0. The van der Waals surface area contributed by atoms with E-state index in [1.807, 2.05) is 77.1 Å². The standard InChI is InChI=1S/C25H27NO4.C18H23NO4.C17H20FNO3.C17H21NO3.C12H19NO3/c1-3-15-29-23(27)25(2)13-8-14-26(17-25)24(28)30-16-22-20-11-6-4-9-18(20)19-10-5-7-12-21(19)22;1-4-12-23-17(21)18(2)10-5-11-19(13-18)16(20)14-6-8-15(22-3)9-7-14;1-3-11-22-16(21)17(2)9-4-10-19(12-17)15(20)13-5-7-14(18)8-6-13;1-3-12-21-16(20)17(2)10-7-11-18(13-17)15(19)14-8-5-4-6-9-14;1-4-8-16-11(15)12(3)6-5-7-13(9-12)10(2)14/h3-7,9-12,22H,1,8,13-17H2,2H3;4,6-9H,1,5,10-13H2,2-3H3;3,5-8H,1,4,9-12H2,2H3;3-6,8-9H,1,7,10-13H2,2H3;4H,1,5-9H2,2-3H3. The molecule has 5 aromatic rings. The number of rotatable bonds is 21. The Bertz CT molecular complexity index is 4090. The second-order valence-electron chi connectivity index (χ2n) is 30.2. The topological polar surface area (TPSA) is 252 Å². The summed E-state index contributed by atoms with van der Waals surface area (Å²) >= 11 is 0. The average Bonchev–Trinajstić information content (AvgIpc) is 1.59. The number of piperidine rings is 5. The Kier molecular flexibility index (Phi) is 33.0. The molecule has 5 unspecified atom stereocenters. The molecule has 1 aliphatic carbocycles. The number of carbonyl (C=O) groups is 10. The fourth-order valence-electron chi connectivity index (χ4n) is 14.7. The van der Waals surface area contributed by atoms with Gasteiger partial charge in [0.05, 0.1) is 34.2 Å². The van der Waals surface area contributed by atoms with Crippen molar-refractivity contribution in [1.29, 1.82) is 0 Å². The van der Waals surface area contributed by atoms with Gasteiger partial charge in [0.15, 0.2) is 0 Å². The van der Waals surface area contributed by atoms with E-state index in [2.05, 4.69) is 57.2 Å². The van der Waals surface area contributed by atoms with E-state index in [4.69, 9.17) is 33.2 Å². The minimum atomic E-state index is -0.715. The van der Waals surface area contributed by atoms with Crippen molar-refractivity contribution in [3.63, 3.8) is 0 Å². The number of halogens is 1. The van der Waals surface area contributed by atoms with Crippen LogP contribution in [-0.2, 0) is 57.2 Å². The van der Waals surface area contributed by atoms with Crippen molar-refractivity contribution >= 4 is 59.6 Å². The summed E-state index contributed by atoms with van der Waals surface area (Å²) in [4.78, 5) is 131. The third kappa shape index (κ3) is 23.8. The van der Waals surface area contributed by atoms with Crippen molar-refractivity contribution in [3.8, 4) is 16.9 Å². The molecule has 11 rings (SSSR count). The Morgan fingerprint density at radius 1 is 0.384 bits per heavy atom. The lowest BCUT2D eigenvalue weighted by Crippen LogP contribution is -2.49. The first-order valence-electron chi connectivity index (χ1n) is 38.1. The Labute approximate surface area is 658 Å². The van der Waals surface area contributed by atoms with Gasteiger partial charge in [-0.15, -0.1) is 0 Å². The minimum Gasteiger partial charge on any atom is -0.497 e. The maximum Gasteiger partial charge on any atom is 0.409 e. The van der Waals surface area contributed by atoms with Crippen LogP contribution in [0.5, 0.6) is 5.75 Å². The molecule has 5 heterocycles. The third-order valence-electron chi connectivity index (χ3n) is 21.0. The molecule has 0 spiro atoms. The van der Waals surface area contributed by atoms with Gasteiger partial charge in [0, 0.05) is 95.0 Å². The van der Waals surface area contributed by atoms with Crippen LogP contribution in [0.1, 0.15) is 154 Å². The van der Waals surface area contributed by atoms with Gasteiger partial charge < -0.3 is 57.7 Å². The van der Waals surface area contributed by atoms with Gasteiger partial charge >= 0.3 is 35.9 Å². The van der Waals surface area contributed by atoms with Gasteiger partial charge in [-0.05, 0) is 182 Å². The van der Waals surface area contributed by atoms with Crippen LogP contribution in [0.25, 0.3) is 11.1 Å². The molecule has 0 bridgehead atoms. The highest BCUT2D eigenvalue weighted by molar-refractivity contribution is 5.96. The highest BCUT2D eigenvalue weighted by Crippen LogP contribution is 2.45. The Morgan fingerprint density at radius 2 is 0.670 bits per heavy atom. The predicted octanol–water partition coefficient (Wildman–Crippen LogP) is 14.3. The summed E-state index contributed by atoms with van der Waals surface area (Å²) in [7, 11) is 1.59. The highest BCUT2D eigenvalue weighted by Gasteiger charge is 2.46. The molecule has 6 aliphatic rings. The number of likely N-dealkylation sites (tertiary alicyclic amines) is 5. The third-order valence-corrected chi connectivity index (χ3v) is 21.0. The Morgan fingerprint density at radius 3 is 1.00 bits per heavy atom.